The Morgan fingerprint density at radius 2 is 1.93 bits per heavy atom. The van der Waals surface area contributed by atoms with Crippen molar-refractivity contribution in [1.82, 2.24) is 15.1 Å². The van der Waals surface area contributed by atoms with Crippen LogP contribution >= 0.6 is 23.2 Å². The molecule has 1 saturated heterocycles. The van der Waals surface area contributed by atoms with E-state index in [9.17, 15) is 9.59 Å². The minimum atomic E-state index is -0.0889. The van der Waals surface area contributed by atoms with E-state index in [1.165, 1.54) is 31.8 Å². The molecule has 1 aromatic rings. The molecule has 1 N–H and O–H groups in total. The molecule has 0 atom stereocenters. The molecule has 2 aliphatic rings. The fourth-order valence-electron chi connectivity index (χ4n) is 4.13. The SMILES string of the molecule is O=C(/C=C/c1ccc(Cl)c(Cl)c1)N1CCC(=O)N(CCCNCC2CCCC2)CC1. The molecule has 1 aromatic carbocycles. The van der Waals surface area contributed by atoms with E-state index in [0.29, 0.717) is 36.1 Å². The van der Waals surface area contributed by atoms with E-state index in [2.05, 4.69) is 5.32 Å². The van der Waals surface area contributed by atoms with Gasteiger partial charge in [0.2, 0.25) is 11.8 Å². The highest BCUT2D eigenvalue weighted by atomic mass is 35.5. The highest BCUT2D eigenvalue weighted by Crippen LogP contribution is 2.24. The largest absolute Gasteiger partial charge is 0.341 e. The molecule has 30 heavy (non-hydrogen) atoms. The number of amides is 2. The minimum absolute atomic E-state index is 0.0889. The van der Waals surface area contributed by atoms with Crippen LogP contribution < -0.4 is 5.32 Å². The number of halogens is 2. The van der Waals surface area contributed by atoms with Gasteiger partial charge in [-0.3, -0.25) is 9.59 Å². The molecular weight excluding hydrogens is 421 g/mol. The fourth-order valence-corrected chi connectivity index (χ4v) is 4.43. The van der Waals surface area contributed by atoms with Gasteiger partial charge in [0, 0.05) is 38.7 Å². The summed E-state index contributed by atoms with van der Waals surface area (Å²) in [6, 6.07) is 5.24. The second-order valence-electron chi connectivity index (χ2n) is 8.17. The Bertz CT molecular complexity index is 763. The van der Waals surface area contributed by atoms with Crippen molar-refractivity contribution in [2.75, 3.05) is 39.3 Å². The van der Waals surface area contributed by atoms with Crippen LogP contribution in [0, 0.1) is 5.92 Å². The van der Waals surface area contributed by atoms with E-state index in [0.717, 1.165) is 37.5 Å². The van der Waals surface area contributed by atoms with Crippen molar-refractivity contribution < 1.29 is 9.59 Å². The maximum Gasteiger partial charge on any atom is 0.246 e. The molecule has 0 unspecified atom stereocenters. The predicted molar refractivity (Wildman–Crippen MR) is 123 cm³/mol. The van der Waals surface area contributed by atoms with Gasteiger partial charge >= 0.3 is 0 Å². The normalized spacial score (nSPS) is 18.4. The topological polar surface area (TPSA) is 52.7 Å². The molecule has 2 amide bonds. The van der Waals surface area contributed by atoms with Crippen LogP contribution in [0.1, 0.15) is 44.1 Å². The average molecular weight is 452 g/mol. The molecule has 164 valence electrons. The summed E-state index contributed by atoms with van der Waals surface area (Å²) in [5.41, 5.74) is 0.815. The summed E-state index contributed by atoms with van der Waals surface area (Å²) >= 11 is 11.9. The lowest BCUT2D eigenvalue weighted by Gasteiger charge is -2.22. The molecule has 1 aliphatic heterocycles. The molecule has 0 aromatic heterocycles. The Balaban J connectivity index is 1.41. The highest BCUT2D eigenvalue weighted by Gasteiger charge is 2.22. The fraction of sp³-hybridized carbons (Fsp3) is 0.565. The third-order valence-corrected chi connectivity index (χ3v) is 6.69. The first kappa shape index (κ1) is 23.1. The number of carbonyl (C=O) groups excluding carboxylic acids is 2. The molecule has 0 spiro atoms. The monoisotopic (exact) mass is 451 g/mol. The minimum Gasteiger partial charge on any atom is -0.341 e. The van der Waals surface area contributed by atoms with Crippen LogP contribution in [0.15, 0.2) is 24.3 Å². The molecule has 0 radical (unpaired) electrons. The zero-order valence-electron chi connectivity index (χ0n) is 17.4. The zero-order chi connectivity index (χ0) is 21.3. The average Bonchev–Trinajstić information content (AvgIpc) is 3.18. The Labute approximate surface area is 189 Å². The number of nitrogens with one attached hydrogen (secondary N) is 1. The number of hydrogen-bond donors (Lipinski definition) is 1. The molecule has 5 nitrogen and oxygen atoms in total. The molecule has 1 heterocycles. The van der Waals surface area contributed by atoms with Crippen molar-refractivity contribution in [3.05, 3.63) is 39.9 Å². The van der Waals surface area contributed by atoms with Gasteiger partial charge in [-0.2, -0.15) is 0 Å². The summed E-state index contributed by atoms with van der Waals surface area (Å²) in [6.07, 6.45) is 10.0. The molecular formula is C23H31Cl2N3O2. The number of nitrogens with zero attached hydrogens (tertiary/aromatic N) is 2. The van der Waals surface area contributed by atoms with Crippen LogP contribution in [0.3, 0.4) is 0 Å². The molecule has 7 heteroatoms. The van der Waals surface area contributed by atoms with Crippen LogP contribution in [-0.2, 0) is 9.59 Å². The Hall–Kier alpha value is -1.56. The van der Waals surface area contributed by atoms with E-state index in [-0.39, 0.29) is 11.8 Å². The van der Waals surface area contributed by atoms with Gasteiger partial charge in [-0.25, -0.2) is 0 Å². The quantitative estimate of drug-likeness (QED) is 0.474. The maximum atomic E-state index is 12.6. The Morgan fingerprint density at radius 3 is 2.70 bits per heavy atom. The third kappa shape index (κ3) is 7.00. The number of benzene rings is 1. The molecule has 3 rings (SSSR count). The van der Waals surface area contributed by atoms with E-state index < -0.39 is 0 Å². The van der Waals surface area contributed by atoms with Crippen molar-refractivity contribution in [2.24, 2.45) is 5.92 Å². The summed E-state index contributed by atoms with van der Waals surface area (Å²) in [7, 11) is 0. The number of carbonyl (C=O) groups is 2. The van der Waals surface area contributed by atoms with E-state index in [1.54, 1.807) is 23.1 Å². The van der Waals surface area contributed by atoms with Crippen molar-refractivity contribution in [3.63, 3.8) is 0 Å². The van der Waals surface area contributed by atoms with Crippen LogP contribution in [-0.4, -0.2) is 60.9 Å². The van der Waals surface area contributed by atoms with Crippen molar-refractivity contribution in [3.8, 4) is 0 Å². The zero-order valence-corrected chi connectivity index (χ0v) is 18.9. The van der Waals surface area contributed by atoms with Crippen molar-refractivity contribution in [2.45, 2.75) is 38.5 Å². The lowest BCUT2D eigenvalue weighted by molar-refractivity contribution is -0.130. The van der Waals surface area contributed by atoms with Gasteiger partial charge in [0.1, 0.15) is 0 Å². The first-order valence-corrected chi connectivity index (χ1v) is 11.7. The standard InChI is InChI=1S/C23H31Cl2N3O2/c24-20-8-6-18(16-21(20)25)7-9-22(29)28-13-10-23(30)27(14-15-28)12-3-11-26-17-19-4-1-2-5-19/h6-9,16,19,26H,1-5,10-15,17H2/b9-7+. The molecule has 1 saturated carbocycles. The maximum absolute atomic E-state index is 12.6. The van der Waals surface area contributed by atoms with Gasteiger partial charge in [-0.1, -0.05) is 42.1 Å². The van der Waals surface area contributed by atoms with Crippen LogP contribution in [0.2, 0.25) is 10.0 Å². The molecule has 2 fully saturated rings. The Kier molecular flexibility index (Phi) is 9.04. The third-order valence-electron chi connectivity index (χ3n) is 5.95. The second-order valence-corrected chi connectivity index (χ2v) is 8.99. The van der Waals surface area contributed by atoms with Crippen LogP contribution in [0.5, 0.6) is 0 Å². The summed E-state index contributed by atoms with van der Waals surface area (Å²) in [5.74, 6) is 0.879. The van der Waals surface area contributed by atoms with Gasteiger partial charge < -0.3 is 15.1 Å². The lowest BCUT2D eigenvalue weighted by atomic mass is 10.1. The van der Waals surface area contributed by atoms with Gasteiger partial charge in [0.15, 0.2) is 0 Å². The number of hydrogen-bond acceptors (Lipinski definition) is 3. The second kappa shape index (κ2) is 11.7. The summed E-state index contributed by atoms with van der Waals surface area (Å²) in [6.45, 7) is 4.40. The van der Waals surface area contributed by atoms with Gasteiger partial charge in [-0.05, 0) is 62.0 Å². The van der Waals surface area contributed by atoms with Gasteiger partial charge in [0.05, 0.1) is 10.0 Å². The molecule has 0 bridgehead atoms. The van der Waals surface area contributed by atoms with Crippen LogP contribution in [0.4, 0.5) is 0 Å². The van der Waals surface area contributed by atoms with Gasteiger partial charge in [-0.15, -0.1) is 0 Å². The summed E-state index contributed by atoms with van der Waals surface area (Å²) in [4.78, 5) is 28.6. The van der Waals surface area contributed by atoms with Crippen molar-refractivity contribution >= 4 is 41.1 Å². The first-order valence-electron chi connectivity index (χ1n) is 10.9. The summed E-state index contributed by atoms with van der Waals surface area (Å²) in [5, 5.41) is 4.48. The molecule has 1 aliphatic carbocycles. The van der Waals surface area contributed by atoms with E-state index in [1.807, 2.05) is 11.0 Å². The van der Waals surface area contributed by atoms with Crippen molar-refractivity contribution in [1.29, 1.82) is 0 Å². The lowest BCUT2D eigenvalue weighted by Crippen LogP contribution is -2.36. The highest BCUT2D eigenvalue weighted by molar-refractivity contribution is 6.42. The Morgan fingerprint density at radius 1 is 1.13 bits per heavy atom. The van der Waals surface area contributed by atoms with Crippen LogP contribution in [0.25, 0.3) is 6.08 Å². The first-order chi connectivity index (χ1) is 14.5. The smallest absolute Gasteiger partial charge is 0.246 e. The number of rotatable bonds is 8. The summed E-state index contributed by atoms with van der Waals surface area (Å²) < 4.78 is 0. The van der Waals surface area contributed by atoms with Gasteiger partial charge in [0.25, 0.3) is 0 Å². The predicted octanol–water partition coefficient (Wildman–Crippen LogP) is 4.24. The van der Waals surface area contributed by atoms with E-state index >= 15 is 0 Å². The van der Waals surface area contributed by atoms with E-state index in [4.69, 9.17) is 23.2 Å².